The van der Waals surface area contributed by atoms with Crippen LogP contribution in [0.2, 0.25) is 0 Å². The lowest BCUT2D eigenvalue weighted by molar-refractivity contribution is -0.145. The number of allylic oxidation sites excluding steroid dienone is 1. The van der Waals surface area contributed by atoms with Crippen LogP contribution in [0.4, 0.5) is 13.2 Å². The molecule has 0 aliphatic rings. The van der Waals surface area contributed by atoms with Crippen molar-refractivity contribution in [3.05, 3.63) is 90.0 Å². The van der Waals surface area contributed by atoms with Crippen LogP contribution in [0.5, 0.6) is 5.75 Å². The molecule has 3 aromatic rings. The zero-order valence-electron chi connectivity index (χ0n) is 21.4. The summed E-state index contributed by atoms with van der Waals surface area (Å²) in [6.45, 7) is 8.39. The molecule has 0 aliphatic carbocycles. The normalized spacial score (nSPS) is 13.6. The molecule has 37 heavy (non-hydrogen) atoms. The Morgan fingerprint density at radius 3 is 1.97 bits per heavy atom. The first kappa shape index (κ1) is 28.4. The van der Waals surface area contributed by atoms with Gasteiger partial charge in [0.25, 0.3) is 0 Å². The van der Waals surface area contributed by atoms with Gasteiger partial charge >= 0.3 is 12.1 Å². The van der Waals surface area contributed by atoms with Gasteiger partial charge in [-0.3, -0.25) is 4.79 Å². The molecule has 0 radical (unpaired) electrons. The minimum Gasteiger partial charge on any atom is -0.490 e. The Hall–Kier alpha value is -3.19. The van der Waals surface area contributed by atoms with Gasteiger partial charge in [-0.2, -0.15) is 13.2 Å². The molecule has 0 bridgehead atoms. The van der Waals surface area contributed by atoms with E-state index in [1.54, 1.807) is 6.92 Å². The summed E-state index contributed by atoms with van der Waals surface area (Å²) in [6, 6.07) is 20.5. The van der Waals surface area contributed by atoms with E-state index in [9.17, 15) is 18.0 Å². The number of hydrogen-bond donors (Lipinski definition) is 0. The minimum absolute atomic E-state index is 0.212. The van der Waals surface area contributed by atoms with Crippen molar-refractivity contribution in [2.45, 2.75) is 49.9 Å². The van der Waals surface area contributed by atoms with Crippen molar-refractivity contribution in [3.8, 4) is 16.9 Å². The lowest BCUT2D eigenvalue weighted by Crippen LogP contribution is -2.32. The van der Waals surface area contributed by atoms with E-state index >= 15 is 0 Å². The third kappa shape index (κ3) is 7.65. The van der Waals surface area contributed by atoms with E-state index in [1.165, 1.54) is 23.9 Å². The zero-order chi connectivity index (χ0) is 27.1. The van der Waals surface area contributed by atoms with Crippen LogP contribution in [-0.2, 0) is 15.7 Å². The van der Waals surface area contributed by atoms with E-state index in [1.807, 2.05) is 75.4 Å². The van der Waals surface area contributed by atoms with Crippen molar-refractivity contribution in [2.75, 3.05) is 13.2 Å². The summed E-state index contributed by atoms with van der Waals surface area (Å²) in [7, 11) is 0. The molecule has 1 atom stereocenters. The smallest absolute Gasteiger partial charge is 0.416 e. The molecule has 0 saturated carbocycles. The highest BCUT2D eigenvalue weighted by atomic mass is 32.2. The number of carbonyl (C=O) groups is 1. The van der Waals surface area contributed by atoms with E-state index in [2.05, 4.69) is 0 Å². The Morgan fingerprint density at radius 1 is 0.892 bits per heavy atom. The van der Waals surface area contributed by atoms with Gasteiger partial charge in [0.2, 0.25) is 0 Å². The summed E-state index contributed by atoms with van der Waals surface area (Å²) in [5, 5.41) is 0. The SMILES string of the molecule is CCOC(=O)[C@](C)(CC)Sc1ccc(OC/C=C(\C)c2ccc(-c3ccc(C(F)(F)F)cc3)cc2)cc1. The second kappa shape index (κ2) is 12.4. The molecule has 0 unspecified atom stereocenters. The summed E-state index contributed by atoms with van der Waals surface area (Å²) < 4.78 is 48.8. The molecule has 0 N–H and O–H groups in total. The Morgan fingerprint density at radius 2 is 1.46 bits per heavy atom. The molecule has 0 amide bonds. The average molecular weight is 529 g/mol. The second-order valence-corrected chi connectivity index (χ2v) is 10.3. The first-order valence-electron chi connectivity index (χ1n) is 12.1. The van der Waals surface area contributed by atoms with Gasteiger partial charge in [0.1, 0.15) is 17.1 Å². The molecule has 3 aromatic carbocycles. The number of carbonyl (C=O) groups excluding carboxylic acids is 1. The van der Waals surface area contributed by atoms with Gasteiger partial charge in [-0.25, -0.2) is 0 Å². The van der Waals surface area contributed by atoms with E-state index < -0.39 is 16.5 Å². The van der Waals surface area contributed by atoms with Crippen LogP contribution < -0.4 is 4.74 Å². The number of ether oxygens (including phenoxy) is 2. The highest BCUT2D eigenvalue weighted by Crippen LogP contribution is 2.37. The van der Waals surface area contributed by atoms with E-state index in [0.717, 1.165) is 45.0 Å². The molecular weight excluding hydrogens is 497 g/mol. The monoisotopic (exact) mass is 528 g/mol. The van der Waals surface area contributed by atoms with Gasteiger partial charge in [-0.1, -0.05) is 43.3 Å². The number of benzene rings is 3. The molecule has 3 nitrogen and oxygen atoms in total. The van der Waals surface area contributed by atoms with Crippen molar-refractivity contribution in [3.63, 3.8) is 0 Å². The molecule has 0 aliphatic heterocycles. The van der Waals surface area contributed by atoms with Crippen molar-refractivity contribution in [2.24, 2.45) is 0 Å². The molecule has 0 saturated heterocycles. The van der Waals surface area contributed by atoms with E-state index in [-0.39, 0.29) is 5.97 Å². The van der Waals surface area contributed by atoms with Crippen LogP contribution in [0.3, 0.4) is 0 Å². The molecule has 196 valence electrons. The lowest BCUT2D eigenvalue weighted by Gasteiger charge is -2.25. The quantitative estimate of drug-likeness (QED) is 0.195. The van der Waals surface area contributed by atoms with Crippen LogP contribution in [0, 0.1) is 0 Å². The van der Waals surface area contributed by atoms with Gasteiger partial charge < -0.3 is 9.47 Å². The highest BCUT2D eigenvalue weighted by molar-refractivity contribution is 8.01. The Kier molecular flexibility index (Phi) is 9.49. The Labute approximate surface area is 220 Å². The Bertz CT molecular complexity index is 1200. The molecule has 0 aromatic heterocycles. The van der Waals surface area contributed by atoms with Gasteiger partial charge in [-0.05, 0) is 91.9 Å². The number of halogens is 3. The standard InChI is InChI=1S/C30H31F3O3S/c1-5-29(4,28(34)35-6-2)37-27-17-15-26(16-18-27)36-20-19-21(3)22-7-9-23(10-8-22)24-11-13-25(14-12-24)30(31,32)33/h7-19H,5-6,20H2,1-4H3/b21-19+/t29-/m0/s1. The summed E-state index contributed by atoms with van der Waals surface area (Å²) >= 11 is 1.48. The maximum Gasteiger partial charge on any atom is 0.416 e. The fraction of sp³-hybridized carbons (Fsp3) is 0.300. The van der Waals surface area contributed by atoms with Gasteiger partial charge in [0.15, 0.2) is 0 Å². The minimum atomic E-state index is -4.34. The van der Waals surface area contributed by atoms with Crippen molar-refractivity contribution >= 4 is 23.3 Å². The highest BCUT2D eigenvalue weighted by Gasteiger charge is 2.34. The van der Waals surface area contributed by atoms with Crippen LogP contribution in [-0.4, -0.2) is 23.9 Å². The third-order valence-electron chi connectivity index (χ3n) is 6.07. The Balaban J connectivity index is 1.57. The fourth-order valence-corrected chi connectivity index (χ4v) is 4.64. The summed E-state index contributed by atoms with van der Waals surface area (Å²) in [6.07, 6.45) is -1.71. The largest absolute Gasteiger partial charge is 0.490 e. The molecule has 0 fully saturated rings. The summed E-state index contributed by atoms with van der Waals surface area (Å²) in [5.41, 5.74) is 2.95. The van der Waals surface area contributed by atoms with Gasteiger partial charge in [-0.15, -0.1) is 11.8 Å². The summed E-state index contributed by atoms with van der Waals surface area (Å²) in [5.74, 6) is 0.510. The maximum atomic E-state index is 12.8. The fourth-order valence-electron chi connectivity index (χ4n) is 3.56. The van der Waals surface area contributed by atoms with Crippen LogP contribution in [0.15, 0.2) is 83.8 Å². The van der Waals surface area contributed by atoms with E-state index in [4.69, 9.17) is 9.47 Å². The summed E-state index contributed by atoms with van der Waals surface area (Å²) in [4.78, 5) is 13.3. The molecule has 0 heterocycles. The molecule has 3 rings (SSSR count). The number of thioether (sulfide) groups is 1. The number of alkyl halides is 3. The number of hydrogen-bond acceptors (Lipinski definition) is 4. The lowest BCUT2D eigenvalue weighted by atomic mass is 10.00. The average Bonchev–Trinajstić information content (AvgIpc) is 2.89. The molecule has 7 heteroatoms. The predicted octanol–water partition coefficient (Wildman–Crippen LogP) is 8.68. The predicted molar refractivity (Wildman–Crippen MR) is 144 cm³/mol. The van der Waals surface area contributed by atoms with Crippen molar-refractivity contribution < 1.29 is 27.4 Å². The van der Waals surface area contributed by atoms with Crippen molar-refractivity contribution in [1.29, 1.82) is 0 Å². The van der Waals surface area contributed by atoms with Crippen LogP contribution in [0.1, 0.15) is 45.2 Å². The number of esters is 1. The topological polar surface area (TPSA) is 35.5 Å². The first-order chi connectivity index (χ1) is 17.6. The number of rotatable bonds is 10. The van der Waals surface area contributed by atoms with Crippen LogP contribution >= 0.6 is 11.8 Å². The third-order valence-corrected chi connectivity index (χ3v) is 7.49. The second-order valence-electron chi connectivity index (χ2n) is 8.73. The zero-order valence-corrected chi connectivity index (χ0v) is 22.2. The maximum absolute atomic E-state index is 12.8. The first-order valence-corrected chi connectivity index (χ1v) is 12.9. The van der Waals surface area contributed by atoms with Crippen molar-refractivity contribution in [1.82, 2.24) is 0 Å². The van der Waals surface area contributed by atoms with Gasteiger partial charge in [0.05, 0.1) is 12.2 Å². The van der Waals surface area contributed by atoms with Gasteiger partial charge in [0, 0.05) is 4.90 Å². The van der Waals surface area contributed by atoms with Crippen LogP contribution in [0.25, 0.3) is 16.7 Å². The molecular formula is C30H31F3O3S. The van der Waals surface area contributed by atoms with E-state index in [0.29, 0.717) is 19.6 Å². The molecule has 0 spiro atoms.